The second-order valence-electron chi connectivity index (χ2n) is 11.4. The van der Waals surface area contributed by atoms with Crippen LogP contribution in [0.1, 0.15) is 92.4 Å². The van der Waals surface area contributed by atoms with E-state index in [4.69, 9.17) is 4.52 Å². The molecule has 0 heterocycles. The maximum atomic E-state index is 6.18. The van der Waals surface area contributed by atoms with E-state index in [2.05, 4.69) is 44.1 Å². The Morgan fingerprint density at radius 3 is 2.38 bits per heavy atom. The van der Waals surface area contributed by atoms with Gasteiger partial charge >= 0.3 is 0 Å². The third-order valence-electron chi connectivity index (χ3n) is 10.5. The molecule has 4 aliphatic rings. The van der Waals surface area contributed by atoms with Gasteiger partial charge in [0.25, 0.3) is 0 Å². The minimum atomic E-state index is 0.494. The normalized spacial score (nSPS) is 54.9. The van der Waals surface area contributed by atoms with Gasteiger partial charge in [-0.15, -0.1) is 0 Å². The number of fused-ring (bicyclic) bond motifs is 5. The molecule has 2 heteroatoms. The molecule has 0 aliphatic heterocycles. The van der Waals surface area contributed by atoms with Crippen molar-refractivity contribution in [2.75, 3.05) is 0 Å². The third kappa shape index (κ3) is 2.77. The molecule has 0 radical (unpaired) electrons. The molecule has 0 bridgehead atoms. The molecule has 1 nitrogen and oxygen atoms in total. The molecule has 0 aromatic heterocycles. The summed E-state index contributed by atoms with van der Waals surface area (Å²) >= 11 is 0. The van der Waals surface area contributed by atoms with Crippen LogP contribution in [0.5, 0.6) is 0 Å². The Morgan fingerprint density at radius 1 is 1.00 bits per heavy atom. The monoisotopic (exact) mass is 378 g/mol. The summed E-state index contributed by atoms with van der Waals surface area (Å²) in [7, 11) is 2.67. The first kappa shape index (κ1) is 19.7. The number of hydrogen-bond acceptors (Lipinski definition) is 1. The first-order valence-corrected chi connectivity index (χ1v) is 12.2. The van der Waals surface area contributed by atoms with Crippen LogP contribution in [-0.4, -0.2) is 6.10 Å². The molecule has 4 fully saturated rings. The Bertz CT molecular complexity index is 520. The zero-order valence-electron chi connectivity index (χ0n) is 18.0. The lowest BCUT2D eigenvalue weighted by Crippen LogP contribution is -2.58. The van der Waals surface area contributed by atoms with Crippen LogP contribution in [0.4, 0.5) is 0 Å². The van der Waals surface area contributed by atoms with E-state index in [9.17, 15) is 0 Å². The van der Waals surface area contributed by atoms with Gasteiger partial charge in [-0.05, 0) is 97.2 Å². The highest BCUT2D eigenvalue weighted by Gasteiger charge is 2.62. The van der Waals surface area contributed by atoms with Crippen molar-refractivity contribution < 1.29 is 4.52 Å². The van der Waals surface area contributed by atoms with Crippen LogP contribution in [0.25, 0.3) is 0 Å². The molecule has 26 heavy (non-hydrogen) atoms. The van der Waals surface area contributed by atoms with Crippen LogP contribution in [0.2, 0.25) is 0 Å². The van der Waals surface area contributed by atoms with Gasteiger partial charge in [0, 0.05) is 9.47 Å². The van der Waals surface area contributed by atoms with E-state index >= 15 is 0 Å². The van der Waals surface area contributed by atoms with E-state index in [1.807, 2.05) is 0 Å². The molecular formula is C24H43OP. The lowest BCUT2D eigenvalue weighted by molar-refractivity contribution is -0.159. The number of hydrogen-bond donors (Lipinski definition) is 0. The summed E-state index contributed by atoms with van der Waals surface area (Å²) in [5.74, 6) is 6.28. The predicted molar refractivity (Wildman–Crippen MR) is 114 cm³/mol. The SMILES string of the molecule is CC[C@@H](C)[C@H]1CCC2[C@@H]3C(OP)C[C@@H]4CC(C)CC[C@]4(C)C3CC[C@@]21C. The summed E-state index contributed by atoms with van der Waals surface area (Å²) in [6, 6.07) is 0. The zero-order chi connectivity index (χ0) is 18.7. The highest BCUT2D eigenvalue weighted by atomic mass is 31.0. The molecule has 4 aliphatic carbocycles. The molecule has 4 rings (SSSR count). The molecule has 0 spiro atoms. The van der Waals surface area contributed by atoms with Crippen molar-refractivity contribution in [3.8, 4) is 0 Å². The van der Waals surface area contributed by atoms with E-state index in [0.29, 0.717) is 16.9 Å². The van der Waals surface area contributed by atoms with E-state index in [1.54, 1.807) is 0 Å². The summed E-state index contributed by atoms with van der Waals surface area (Å²) in [5.41, 5.74) is 1.16. The fourth-order valence-corrected chi connectivity index (χ4v) is 9.11. The molecule has 0 amide bonds. The smallest absolute Gasteiger partial charge is 0.0647 e. The van der Waals surface area contributed by atoms with Crippen LogP contribution in [-0.2, 0) is 4.52 Å². The molecule has 0 aromatic carbocycles. The van der Waals surface area contributed by atoms with Gasteiger partial charge < -0.3 is 4.52 Å². The lowest BCUT2D eigenvalue weighted by Gasteiger charge is -2.63. The molecule has 0 aromatic rings. The topological polar surface area (TPSA) is 9.23 Å². The summed E-state index contributed by atoms with van der Waals surface area (Å²) in [4.78, 5) is 0. The summed E-state index contributed by atoms with van der Waals surface area (Å²) in [6.07, 6.45) is 13.4. The Morgan fingerprint density at radius 2 is 1.69 bits per heavy atom. The Balaban J connectivity index is 1.66. The molecule has 150 valence electrons. The fraction of sp³-hybridized carbons (Fsp3) is 1.00. The number of rotatable bonds is 3. The minimum absolute atomic E-state index is 0.494. The molecule has 4 saturated carbocycles. The van der Waals surface area contributed by atoms with Crippen molar-refractivity contribution in [1.82, 2.24) is 0 Å². The van der Waals surface area contributed by atoms with E-state index in [0.717, 1.165) is 41.4 Å². The van der Waals surface area contributed by atoms with Gasteiger partial charge in [0.1, 0.15) is 0 Å². The second kappa shape index (κ2) is 7.02. The van der Waals surface area contributed by atoms with E-state index in [-0.39, 0.29) is 0 Å². The average molecular weight is 379 g/mol. The Hall–Kier alpha value is 0.390. The van der Waals surface area contributed by atoms with Crippen LogP contribution >= 0.6 is 9.47 Å². The quantitative estimate of drug-likeness (QED) is 0.475. The maximum absolute atomic E-state index is 6.18. The van der Waals surface area contributed by atoms with Gasteiger partial charge in [0.05, 0.1) is 6.10 Å². The van der Waals surface area contributed by atoms with Crippen LogP contribution in [0.3, 0.4) is 0 Å². The zero-order valence-corrected chi connectivity index (χ0v) is 19.1. The first-order valence-electron chi connectivity index (χ1n) is 11.7. The van der Waals surface area contributed by atoms with Crippen molar-refractivity contribution in [2.45, 2.75) is 98.5 Å². The van der Waals surface area contributed by atoms with Crippen molar-refractivity contribution in [2.24, 2.45) is 52.3 Å². The van der Waals surface area contributed by atoms with Crippen molar-refractivity contribution in [1.29, 1.82) is 0 Å². The van der Waals surface area contributed by atoms with Crippen LogP contribution in [0.15, 0.2) is 0 Å². The summed E-state index contributed by atoms with van der Waals surface area (Å²) in [5, 5.41) is 0. The highest BCUT2D eigenvalue weighted by molar-refractivity contribution is 7.09. The molecule has 0 saturated heterocycles. The van der Waals surface area contributed by atoms with Crippen LogP contribution in [0, 0.1) is 52.3 Å². The summed E-state index contributed by atoms with van der Waals surface area (Å²) < 4.78 is 6.18. The standard InChI is InChI=1S/C24H43OP/c1-6-16(3)18-7-8-19-22-20(10-12-24(18,19)5)23(4)11-9-15(2)13-17(23)14-21(22)25-26/h15-22H,6-14,26H2,1-5H3/t15?,16-,17+,18-,19?,20?,21?,22+,23+,24-/m1/s1. The van der Waals surface area contributed by atoms with Gasteiger partial charge in [-0.3, -0.25) is 0 Å². The van der Waals surface area contributed by atoms with E-state index < -0.39 is 0 Å². The summed E-state index contributed by atoms with van der Waals surface area (Å²) in [6.45, 7) is 12.8. The van der Waals surface area contributed by atoms with Crippen molar-refractivity contribution in [3.63, 3.8) is 0 Å². The van der Waals surface area contributed by atoms with Gasteiger partial charge in [-0.1, -0.05) is 47.5 Å². The third-order valence-corrected chi connectivity index (χ3v) is 10.8. The van der Waals surface area contributed by atoms with Crippen LogP contribution < -0.4 is 0 Å². The van der Waals surface area contributed by atoms with Gasteiger partial charge in [0.2, 0.25) is 0 Å². The molecular weight excluding hydrogens is 335 g/mol. The van der Waals surface area contributed by atoms with Gasteiger partial charge in [-0.2, -0.15) is 0 Å². The molecule has 11 atom stereocenters. The lowest BCUT2D eigenvalue weighted by atomic mass is 9.43. The Kier molecular flexibility index (Phi) is 5.32. The molecule has 0 N–H and O–H groups in total. The molecule has 5 unspecified atom stereocenters. The average Bonchev–Trinajstić information content (AvgIpc) is 2.98. The predicted octanol–water partition coefficient (Wildman–Crippen LogP) is 7.11. The van der Waals surface area contributed by atoms with Gasteiger partial charge in [-0.25, -0.2) is 0 Å². The van der Waals surface area contributed by atoms with Crippen molar-refractivity contribution >= 4 is 9.47 Å². The Labute approximate surface area is 165 Å². The first-order chi connectivity index (χ1) is 12.3. The highest BCUT2D eigenvalue weighted by Crippen LogP contribution is 2.69. The van der Waals surface area contributed by atoms with Gasteiger partial charge in [0.15, 0.2) is 0 Å². The van der Waals surface area contributed by atoms with E-state index in [1.165, 1.54) is 57.8 Å². The largest absolute Gasteiger partial charge is 0.362 e. The van der Waals surface area contributed by atoms with Crippen molar-refractivity contribution in [3.05, 3.63) is 0 Å². The minimum Gasteiger partial charge on any atom is -0.362 e. The fourth-order valence-electron chi connectivity index (χ4n) is 8.81. The maximum Gasteiger partial charge on any atom is 0.0647 e. The second-order valence-corrected chi connectivity index (χ2v) is 11.7.